The lowest BCUT2D eigenvalue weighted by Gasteiger charge is -2.18. The molecule has 79 heavy (non-hydrogen) atoms. The van der Waals surface area contributed by atoms with Crippen LogP contribution >= 0.6 is 0 Å². The molecular formula is C73H122O6. The third-order valence-electron chi connectivity index (χ3n) is 14.0. The molecule has 0 N–H and O–H groups in total. The normalized spacial score (nSPS) is 12.9. The highest BCUT2D eigenvalue weighted by Gasteiger charge is 2.19. The Morgan fingerprint density at radius 1 is 0.278 bits per heavy atom. The highest BCUT2D eigenvalue weighted by molar-refractivity contribution is 5.72. The maximum Gasteiger partial charge on any atom is 0.309 e. The first kappa shape index (κ1) is 74.8. The van der Waals surface area contributed by atoms with Gasteiger partial charge in [0.05, 0.1) is 6.42 Å². The minimum atomic E-state index is -0.827. The van der Waals surface area contributed by atoms with E-state index in [0.717, 1.165) is 109 Å². The van der Waals surface area contributed by atoms with Crippen LogP contribution in [0.5, 0.6) is 0 Å². The molecule has 0 amide bonds. The van der Waals surface area contributed by atoms with Crippen LogP contribution in [0, 0.1) is 0 Å². The Kier molecular flexibility index (Phi) is 62.8. The van der Waals surface area contributed by atoms with Gasteiger partial charge in [-0.25, -0.2) is 0 Å². The Hall–Kier alpha value is -4.19. The summed E-state index contributed by atoms with van der Waals surface area (Å²) in [5.74, 6) is -1.05. The number of unbranched alkanes of at least 4 members (excludes halogenated alkanes) is 29. The van der Waals surface area contributed by atoms with Crippen LogP contribution in [-0.4, -0.2) is 37.2 Å². The van der Waals surface area contributed by atoms with Crippen molar-refractivity contribution in [3.8, 4) is 0 Å². The predicted molar refractivity (Wildman–Crippen MR) is 343 cm³/mol. The van der Waals surface area contributed by atoms with Gasteiger partial charge < -0.3 is 14.2 Å². The topological polar surface area (TPSA) is 78.9 Å². The van der Waals surface area contributed by atoms with Crippen molar-refractivity contribution in [2.45, 2.75) is 309 Å². The molecule has 0 aromatic heterocycles. The first-order valence-corrected chi connectivity index (χ1v) is 33.0. The molecule has 0 heterocycles. The summed E-state index contributed by atoms with van der Waals surface area (Å²) in [7, 11) is 0. The molecule has 1 atom stereocenters. The average molecular weight is 1100 g/mol. The van der Waals surface area contributed by atoms with Crippen LogP contribution in [0.1, 0.15) is 303 Å². The molecule has 0 aromatic rings. The quantitative estimate of drug-likeness (QED) is 0.0261. The van der Waals surface area contributed by atoms with E-state index in [-0.39, 0.29) is 31.6 Å². The van der Waals surface area contributed by atoms with Crippen LogP contribution in [0.3, 0.4) is 0 Å². The van der Waals surface area contributed by atoms with Crippen molar-refractivity contribution in [2.24, 2.45) is 0 Å². The Balaban J connectivity index is 4.32. The molecule has 0 rings (SSSR count). The summed E-state index contributed by atoms with van der Waals surface area (Å²) in [6.07, 6.45) is 92.5. The van der Waals surface area contributed by atoms with Gasteiger partial charge in [-0.3, -0.25) is 14.4 Å². The third-order valence-corrected chi connectivity index (χ3v) is 14.0. The number of carbonyl (C=O) groups is 3. The lowest BCUT2D eigenvalue weighted by molar-refractivity contribution is -0.166. The number of esters is 3. The molecular weight excluding hydrogens is 973 g/mol. The average Bonchev–Trinajstić information content (AvgIpc) is 3.45. The first-order valence-electron chi connectivity index (χ1n) is 33.0. The van der Waals surface area contributed by atoms with Crippen LogP contribution in [0.15, 0.2) is 122 Å². The van der Waals surface area contributed by atoms with Crippen LogP contribution in [0.4, 0.5) is 0 Å². The second kappa shape index (κ2) is 66.3. The molecule has 0 aliphatic carbocycles. The molecule has 6 heteroatoms. The molecule has 0 saturated carbocycles. The van der Waals surface area contributed by atoms with Crippen LogP contribution in [-0.2, 0) is 28.6 Å². The van der Waals surface area contributed by atoms with Gasteiger partial charge in [-0.15, -0.1) is 0 Å². The molecule has 6 nitrogen and oxygen atoms in total. The van der Waals surface area contributed by atoms with E-state index in [1.54, 1.807) is 6.08 Å². The summed E-state index contributed by atoms with van der Waals surface area (Å²) in [6, 6.07) is 0. The monoisotopic (exact) mass is 1090 g/mol. The van der Waals surface area contributed by atoms with Gasteiger partial charge in [0.25, 0.3) is 0 Å². The zero-order valence-corrected chi connectivity index (χ0v) is 51.6. The minimum absolute atomic E-state index is 0.113. The van der Waals surface area contributed by atoms with Gasteiger partial charge in [0.2, 0.25) is 0 Å². The minimum Gasteiger partial charge on any atom is -0.462 e. The Labute approximate surface area is 488 Å². The lowest BCUT2D eigenvalue weighted by Crippen LogP contribution is -2.30. The van der Waals surface area contributed by atoms with Crippen LogP contribution in [0.25, 0.3) is 0 Å². The SMILES string of the molecule is CC/C=C\C/C=C\C/C=C\C/C=C\C/C=C\CC(=O)OCC(COC(=O)CCCCCCCCCCCCCCCCCCC/C=C\C/C=C\CCCCCCC)OC(=O)CCCCCCCCC/C=C\C/C=C\C/C=C\CC. The Morgan fingerprint density at radius 3 is 0.886 bits per heavy atom. The maximum absolute atomic E-state index is 12.9. The molecule has 1 unspecified atom stereocenters. The molecule has 0 spiro atoms. The van der Waals surface area contributed by atoms with Gasteiger partial charge in [0.1, 0.15) is 13.2 Å². The molecule has 0 aliphatic heterocycles. The van der Waals surface area contributed by atoms with Crippen molar-refractivity contribution in [2.75, 3.05) is 13.2 Å². The standard InChI is InChI=1S/C73H122O6/c1-4-7-10-13-16-19-22-25-28-30-31-32-33-34-35-36-37-38-39-40-41-43-45-48-51-54-57-60-63-66-72(75)78-69-70(68-77-71(74)65-62-59-56-53-50-47-44-27-24-21-18-15-12-9-6-3)79-73(76)67-64-61-58-55-52-49-46-42-29-26-23-20-17-14-11-8-5-2/h8-9,11-12,17-18,20-22,25-27,29-31,44,50,53,59,62,70H,4-7,10,13-16,19,23-24,28,32-43,45-49,51-52,54-58,60-61,63-69H2,1-3H3/b11-8-,12-9-,20-17-,21-18-,25-22-,29-26-,31-30-,44-27-,53-50-,62-59-. The van der Waals surface area contributed by atoms with E-state index in [4.69, 9.17) is 14.2 Å². The summed E-state index contributed by atoms with van der Waals surface area (Å²) in [5, 5.41) is 0. The zero-order chi connectivity index (χ0) is 57.1. The van der Waals surface area contributed by atoms with Crippen molar-refractivity contribution in [3.63, 3.8) is 0 Å². The number of hydrogen-bond donors (Lipinski definition) is 0. The number of allylic oxidation sites excluding steroid dienone is 19. The predicted octanol–water partition coefficient (Wildman–Crippen LogP) is 22.8. The highest BCUT2D eigenvalue weighted by Crippen LogP contribution is 2.16. The van der Waals surface area contributed by atoms with Gasteiger partial charge in [-0.2, -0.15) is 0 Å². The number of carbonyl (C=O) groups excluding carboxylic acids is 3. The number of ether oxygens (including phenoxy) is 3. The molecule has 0 saturated heterocycles. The van der Waals surface area contributed by atoms with E-state index in [2.05, 4.69) is 130 Å². The highest BCUT2D eigenvalue weighted by atomic mass is 16.6. The first-order chi connectivity index (χ1) is 39.0. The summed E-state index contributed by atoms with van der Waals surface area (Å²) < 4.78 is 16.8. The van der Waals surface area contributed by atoms with Crippen molar-refractivity contribution in [1.29, 1.82) is 0 Å². The molecule has 0 radical (unpaired) electrons. The van der Waals surface area contributed by atoms with Gasteiger partial charge in [0, 0.05) is 12.8 Å². The summed E-state index contributed by atoms with van der Waals surface area (Å²) in [6.45, 7) is 6.33. The number of rotatable bonds is 59. The van der Waals surface area contributed by atoms with E-state index in [0.29, 0.717) is 12.8 Å². The molecule has 0 bridgehead atoms. The fourth-order valence-electron chi connectivity index (χ4n) is 9.09. The summed E-state index contributed by atoms with van der Waals surface area (Å²) in [5.41, 5.74) is 0. The largest absolute Gasteiger partial charge is 0.462 e. The van der Waals surface area contributed by atoms with E-state index in [1.165, 1.54) is 154 Å². The lowest BCUT2D eigenvalue weighted by atomic mass is 10.0. The zero-order valence-electron chi connectivity index (χ0n) is 51.6. The van der Waals surface area contributed by atoms with Crippen LogP contribution < -0.4 is 0 Å². The molecule has 0 fully saturated rings. The van der Waals surface area contributed by atoms with Crippen molar-refractivity contribution in [1.82, 2.24) is 0 Å². The van der Waals surface area contributed by atoms with E-state index >= 15 is 0 Å². The third kappa shape index (κ3) is 64.5. The van der Waals surface area contributed by atoms with Crippen molar-refractivity contribution < 1.29 is 28.6 Å². The smallest absolute Gasteiger partial charge is 0.309 e. The fourth-order valence-corrected chi connectivity index (χ4v) is 9.09. The van der Waals surface area contributed by atoms with Gasteiger partial charge in [-0.1, -0.05) is 296 Å². The molecule has 0 aliphatic rings. The van der Waals surface area contributed by atoms with E-state index in [9.17, 15) is 14.4 Å². The fraction of sp³-hybridized carbons (Fsp3) is 0.685. The van der Waals surface area contributed by atoms with Crippen molar-refractivity contribution >= 4 is 17.9 Å². The molecule has 0 aromatic carbocycles. The second-order valence-corrected chi connectivity index (χ2v) is 21.6. The van der Waals surface area contributed by atoms with Crippen molar-refractivity contribution in [3.05, 3.63) is 122 Å². The summed E-state index contributed by atoms with van der Waals surface area (Å²) in [4.78, 5) is 38.3. The Morgan fingerprint density at radius 2 is 0.544 bits per heavy atom. The van der Waals surface area contributed by atoms with E-state index in [1.807, 2.05) is 6.08 Å². The van der Waals surface area contributed by atoms with Gasteiger partial charge in [0.15, 0.2) is 6.10 Å². The van der Waals surface area contributed by atoms with Crippen LogP contribution in [0.2, 0.25) is 0 Å². The van der Waals surface area contributed by atoms with Gasteiger partial charge in [-0.05, 0) is 109 Å². The summed E-state index contributed by atoms with van der Waals surface area (Å²) >= 11 is 0. The Bertz CT molecular complexity index is 1640. The van der Waals surface area contributed by atoms with E-state index < -0.39 is 12.1 Å². The number of hydrogen-bond acceptors (Lipinski definition) is 6. The second-order valence-electron chi connectivity index (χ2n) is 21.6. The maximum atomic E-state index is 12.9. The van der Waals surface area contributed by atoms with Gasteiger partial charge >= 0.3 is 17.9 Å². The molecule has 450 valence electrons.